The average Bonchev–Trinajstić information content (AvgIpc) is 2.58. The van der Waals surface area contributed by atoms with Crippen molar-refractivity contribution in [1.29, 1.82) is 0 Å². The molecule has 1 nitrogen and oxygen atoms in total. The lowest BCUT2D eigenvalue weighted by Crippen LogP contribution is -2.28. The zero-order valence-electron chi connectivity index (χ0n) is 10.8. The topological polar surface area (TPSA) is 3.24 Å². The monoisotopic (exact) mass is 249 g/mol. The zero-order valence-corrected chi connectivity index (χ0v) is 11.6. The van der Waals surface area contributed by atoms with Gasteiger partial charge in [0.05, 0.1) is 0 Å². The number of likely N-dealkylation sites (tertiary alicyclic amines) is 1. The van der Waals surface area contributed by atoms with Gasteiger partial charge in [-0.1, -0.05) is 42.8 Å². The molecule has 0 bridgehead atoms. The van der Waals surface area contributed by atoms with E-state index in [1.165, 1.54) is 17.6 Å². The molecule has 2 rings (SSSR count). The molecule has 0 saturated carbocycles. The molecule has 1 saturated heterocycles. The summed E-state index contributed by atoms with van der Waals surface area (Å²) in [4.78, 5) is 2.41. The number of halogens is 1. The van der Waals surface area contributed by atoms with Crippen LogP contribution in [0.2, 0.25) is 5.02 Å². The first-order valence-corrected chi connectivity index (χ1v) is 6.44. The number of rotatable bonds is 2. The van der Waals surface area contributed by atoms with Crippen molar-refractivity contribution >= 4 is 11.6 Å². The van der Waals surface area contributed by atoms with E-state index < -0.39 is 0 Å². The molecule has 0 spiro atoms. The van der Waals surface area contributed by atoms with E-state index in [-0.39, 0.29) is 5.41 Å². The van der Waals surface area contributed by atoms with E-state index in [1.807, 2.05) is 12.1 Å². The van der Waals surface area contributed by atoms with E-state index in [2.05, 4.69) is 44.5 Å². The van der Waals surface area contributed by atoms with Crippen LogP contribution in [0.3, 0.4) is 0 Å². The van der Waals surface area contributed by atoms with Crippen LogP contribution >= 0.6 is 11.6 Å². The van der Waals surface area contributed by atoms with Crippen LogP contribution in [0.1, 0.15) is 31.9 Å². The van der Waals surface area contributed by atoms with Gasteiger partial charge in [-0.25, -0.2) is 0 Å². The number of hydrogen-bond donors (Lipinski definition) is 0. The molecule has 0 radical (unpaired) electrons. The van der Waals surface area contributed by atoms with E-state index in [1.54, 1.807) is 0 Å². The molecule has 0 unspecified atom stereocenters. The summed E-state index contributed by atoms with van der Waals surface area (Å²) in [7, 11) is 2.19. The Morgan fingerprint density at radius 2 is 2.00 bits per heavy atom. The van der Waals surface area contributed by atoms with Gasteiger partial charge in [0.25, 0.3) is 0 Å². The normalized spacial score (nSPS) is 29.5. The minimum atomic E-state index is 0.169. The van der Waals surface area contributed by atoms with Crippen molar-refractivity contribution in [2.45, 2.75) is 26.3 Å². The summed E-state index contributed by atoms with van der Waals surface area (Å²) in [5.74, 6) is 0. The Morgan fingerprint density at radius 3 is 2.53 bits per heavy atom. The first kappa shape index (κ1) is 12.7. The largest absolute Gasteiger partial charge is 0.298 e. The fraction of sp³-hybridized carbons (Fsp3) is 0.467. The lowest BCUT2D eigenvalue weighted by Gasteiger charge is -2.35. The molecule has 0 aliphatic carbocycles. The van der Waals surface area contributed by atoms with Crippen molar-refractivity contribution < 1.29 is 0 Å². The summed E-state index contributed by atoms with van der Waals surface area (Å²) in [5.41, 5.74) is 2.77. The Hall–Kier alpha value is -0.790. The highest BCUT2D eigenvalue weighted by molar-refractivity contribution is 6.30. The molecule has 0 N–H and O–H groups in total. The Labute approximate surface area is 109 Å². The van der Waals surface area contributed by atoms with Crippen molar-refractivity contribution in [3.05, 3.63) is 47.0 Å². The minimum Gasteiger partial charge on any atom is -0.298 e. The molecular weight excluding hydrogens is 230 g/mol. The Kier molecular flexibility index (Phi) is 3.33. The molecule has 92 valence electrons. The molecule has 1 aromatic rings. The predicted molar refractivity (Wildman–Crippen MR) is 74.4 cm³/mol. The number of nitrogens with zero attached hydrogens (tertiary/aromatic N) is 1. The average molecular weight is 250 g/mol. The van der Waals surface area contributed by atoms with Crippen LogP contribution in [0.5, 0.6) is 0 Å². The minimum absolute atomic E-state index is 0.169. The number of hydrogen-bond acceptors (Lipinski definition) is 1. The molecule has 1 fully saturated rings. The highest BCUT2D eigenvalue weighted by Crippen LogP contribution is 2.50. The maximum absolute atomic E-state index is 5.96. The summed E-state index contributed by atoms with van der Waals surface area (Å²) in [6, 6.07) is 8.63. The first-order chi connectivity index (χ1) is 7.95. The molecule has 1 aromatic carbocycles. The second-order valence-electron chi connectivity index (χ2n) is 5.38. The fourth-order valence-corrected chi connectivity index (χ4v) is 3.00. The van der Waals surface area contributed by atoms with Gasteiger partial charge in [0.2, 0.25) is 0 Å². The van der Waals surface area contributed by atoms with Gasteiger partial charge in [0.15, 0.2) is 0 Å². The van der Waals surface area contributed by atoms with Crippen LogP contribution in [-0.4, -0.2) is 18.5 Å². The molecule has 0 amide bonds. The second kappa shape index (κ2) is 4.47. The Morgan fingerprint density at radius 1 is 1.41 bits per heavy atom. The van der Waals surface area contributed by atoms with E-state index >= 15 is 0 Å². The van der Waals surface area contributed by atoms with Crippen molar-refractivity contribution in [2.75, 3.05) is 13.6 Å². The van der Waals surface area contributed by atoms with Gasteiger partial charge < -0.3 is 0 Å². The van der Waals surface area contributed by atoms with Crippen LogP contribution in [0.25, 0.3) is 0 Å². The summed E-state index contributed by atoms with van der Waals surface area (Å²) in [6.07, 6.45) is 1.17. The van der Waals surface area contributed by atoms with Gasteiger partial charge in [0, 0.05) is 16.5 Å². The highest BCUT2D eigenvalue weighted by atomic mass is 35.5. The molecule has 1 heterocycles. The molecule has 1 aliphatic heterocycles. The summed E-state index contributed by atoms with van der Waals surface area (Å²) in [6.45, 7) is 9.76. The van der Waals surface area contributed by atoms with E-state index in [0.717, 1.165) is 11.6 Å². The van der Waals surface area contributed by atoms with E-state index in [4.69, 9.17) is 11.6 Å². The van der Waals surface area contributed by atoms with Gasteiger partial charge in [-0.3, -0.25) is 4.90 Å². The molecular formula is C15H20ClN. The standard InChI is InChI=1S/C15H20ClN/c1-11(2)15(3)9-10-17(4)14(15)12-5-7-13(16)8-6-12/h5-8,14H,1,9-10H2,2-4H3/t14-,15+/m1/s1. The Bertz CT molecular complexity index is 423. The van der Waals surface area contributed by atoms with Gasteiger partial charge in [-0.15, -0.1) is 0 Å². The van der Waals surface area contributed by atoms with Crippen molar-refractivity contribution in [2.24, 2.45) is 5.41 Å². The van der Waals surface area contributed by atoms with Gasteiger partial charge in [-0.05, 0) is 44.6 Å². The van der Waals surface area contributed by atoms with Crippen LogP contribution in [0.4, 0.5) is 0 Å². The third-order valence-corrected chi connectivity index (χ3v) is 4.44. The van der Waals surface area contributed by atoms with Crippen LogP contribution in [0, 0.1) is 5.41 Å². The molecule has 2 atom stereocenters. The van der Waals surface area contributed by atoms with Crippen LogP contribution in [0.15, 0.2) is 36.4 Å². The summed E-state index contributed by atoms with van der Waals surface area (Å²) in [5, 5.41) is 0.798. The van der Waals surface area contributed by atoms with Gasteiger partial charge in [0.1, 0.15) is 0 Å². The third-order valence-electron chi connectivity index (χ3n) is 4.19. The maximum atomic E-state index is 5.96. The lowest BCUT2D eigenvalue weighted by molar-refractivity contribution is 0.230. The highest BCUT2D eigenvalue weighted by Gasteiger charge is 2.43. The molecule has 0 aromatic heterocycles. The molecule has 1 aliphatic rings. The quantitative estimate of drug-likeness (QED) is 0.707. The van der Waals surface area contributed by atoms with Gasteiger partial charge in [-0.2, -0.15) is 0 Å². The smallest absolute Gasteiger partial charge is 0.0436 e. The zero-order chi connectivity index (χ0) is 12.6. The van der Waals surface area contributed by atoms with E-state index in [9.17, 15) is 0 Å². The van der Waals surface area contributed by atoms with Gasteiger partial charge >= 0.3 is 0 Å². The first-order valence-electron chi connectivity index (χ1n) is 6.07. The summed E-state index contributed by atoms with van der Waals surface area (Å²) < 4.78 is 0. The molecule has 2 heteroatoms. The van der Waals surface area contributed by atoms with Crippen LogP contribution < -0.4 is 0 Å². The number of benzene rings is 1. The lowest BCUT2D eigenvalue weighted by atomic mass is 9.74. The second-order valence-corrected chi connectivity index (χ2v) is 5.82. The van der Waals surface area contributed by atoms with Crippen molar-refractivity contribution in [3.63, 3.8) is 0 Å². The Balaban J connectivity index is 2.40. The SMILES string of the molecule is C=C(C)[C@]1(C)CCN(C)[C@@H]1c1ccc(Cl)cc1. The van der Waals surface area contributed by atoms with Crippen molar-refractivity contribution in [3.8, 4) is 0 Å². The van der Waals surface area contributed by atoms with E-state index in [0.29, 0.717) is 6.04 Å². The fourth-order valence-electron chi connectivity index (χ4n) is 2.88. The van der Waals surface area contributed by atoms with Crippen LogP contribution in [-0.2, 0) is 0 Å². The van der Waals surface area contributed by atoms with Crippen molar-refractivity contribution in [1.82, 2.24) is 4.90 Å². The molecule has 17 heavy (non-hydrogen) atoms. The third kappa shape index (κ3) is 2.14. The summed E-state index contributed by atoms with van der Waals surface area (Å²) >= 11 is 5.96. The predicted octanol–water partition coefficient (Wildman–Crippen LogP) is 4.30. The maximum Gasteiger partial charge on any atom is 0.0436 e.